The number of ether oxygens (including phenoxy) is 1. The van der Waals surface area contributed by atoms with Crippen LogP contribution in [0.3, 0.4) is 0 Å². The van der Waals surface area contributed by atoms with Crippen LogP contribution in [0.5, 0.6) is 0 Å². The Bertz CT molecular complexity index is 823. The minimum Gasteiger partial charge on any atom is -0.378 e. The Balaban J connectivity index is 1.81. The third kappa shape index (κ3) is 4.24. The van der Waals surface area contributed by atoms with E-state index in [1.807, 2.05) is 24.3 Å². The van der Waals surface area contributed by atoms with Crippen LogP contribution in [0, 0.1) is 5.92 Å². The molecule has 0 fully saturated rings. The highest BCUT2D eigenvalue weighted by Gasteiger charge is 2.21. The average molecular weight is 358 g/mol. The van der Waals surface area contributed by atoms with Crippen LogP contribution in [0.1, 0.15) is 47.6 Å². The molecule has 1 unspecified atom stereocenters. The van der Waals surface area contributed by atoms with Gasteiger partial charge in [-0.25, -0.2) is 9.97 Å². The molecular weight excluding hydrogens is 336 g/mol. The second-order valence-corrected chi connectivity index (χ2v) is 7.30. The second kappa shape index (κ2) is 7.76. The van der Waals surface area contributed by atoms with Crippen LogP contribution >= 0.6 is 11.3 Å². The summed E-state index contributed by atoms with van der Waals surface area (Å²) in [6.07, 6.45) is 0.792. The van der Waals surface area contributed by atoms with E-state index in [1.165, 1.54) is 11.3 Å². The molecular formula is C18H22N4O2S. The van der Waals surface area contributed by atoms with E-state index in [-0.39, 0.29) is 11.9 Å². The van der Waals surface area contributed by atoms with Crippen molar-refractivity contribution in [2.75, 3.05) is 7.11 Å². The zero-order chi connectivity index (χ0) is 17.8. The summed E-state index contributed by atoms with van der Waals surface area (Å²) >= 11 is 1.42. The minimum absolute atomic E-state index is 0.188. The Kier molecular flexibility index (Phi) is 5.45. The highest BCUT2D eigenvalue weighted by molar-refractivity contribution is 7.09. The molecule has 0 saturated heterocycles. The van der Waals surface area contributed by atoms with Gasteiger partial charge in [0, 0.05) is 12.5 Å². The zero-order valence-corrected chi connectivity index (χ0v) is 15.4. The number of nitrogens with zero attached hydrogens (tertiary/aromatic N) is 2. The van der Waals surface area contributed by atoms with Gasteiger partial charge in [0.25, 0.3) is 5.91 Å². The molecule has 7 heteroatoms. The number of aromatic nitrogens is 3. The number of methoxy groups -OCH3 is 1. The summed E-state index contributed by atoms with van der Waals surface area (Å²) < 4.78 is 5.06. The van der Waals surface area contributed by atoms with Crippen molar-refractivity contribution in [1.29, 1.82) is 0 Å². The summed E-state index contributed by atoms with van der Waals surface area (Å²) in [4.78, 5) is 24.9. The molecule has 0 radical (unpaired) electrons. The molecule has 2 aromatic heterocycles. The molecule has 1 aromatic carbocycles. The normalized spacial score (nSPS) is 12.6. The quantitative estimate of drug-likeness (QED) is 0.675. The highest BCUT2D eigenvalue weighted by atomic mass is 32.1. The van der Waals surface area contributed by atoms with Gasteiger partial charge in [-0.05, 0) is 24.5 Å². The maximum absolute atomic E-state index is 12.6. The maximum atomic E-state index is 12.6. The molecule has 6 nitrogen and oxygen atoms in total. The van der Waals surface area contributed by atoms with Crippen LogP contribution < -0.4 is 5.32 Å². The third-order valence-electron chi connectivity index (χ3n) is 3.80. The summed E-state index contributed by atoms with van der Waals surface area (Å²) in [5, 5.41) is 5.62. The molecule has 25 heavy (non-hydrogen) atoms. The summed E-state index contributed by atoms with van der Waals surface area (Å²) in [7, 11) is 1.61. The monoisotopic (exact) mass is 358 g/mol. The van der Waals surface area contributed by atoms with Crippen molar-refractivity contribution in [3.63, 3.8) is 0 Å². The number of nitrogens with one attached hydrogen (secondary N) is 2. The number of carbonyl (C=O) groups excluding carboxylic acids is 1. The van der Waals surface area contributed by atoms with E-state index in [4.69, 9.17) is 4.74 Å². The average Bonchev–Trinajstić information content (AvgIpc) is 3.20. The van der Waals surface area contributed by atoms with Gasteiger partial charge in [-0.15, -0.1) is 11.3 Å². The molecule has 0 aliphatic rings. The van der Waals surface area contributed by atoms with E-state index in [0.29, 0.717) is 18.2 Å². The molecule has 0 spiro atoms. The topological polar surface area (TPSA) is 79.9 Å². The molecule has 0 aliphatic carbocycles. The number of fused-ring (bicyclic) bond motifs is 1. The predicted octanol–water partition coefficient (Wildman–Crippen LogP) is 3.68. The molecule has 132 valence electrons. The lowest BCUT2D eigenvalue weighted by atomic mass is 10.0. The molecule has 1 atom stereocenters. The molecule has 3 rings (SSSR count). The Labute approximate surface area is 150 Å². The van der Waals surface area contributed by atoms with Crippen molar-refractivity contribution in [1.82, 2.24) is 20.3 Å². The fourth-order valence-electron chi connectivity index (χ4n) is 2.69. The van der Waals surface area contributed by atoms with Gasteiger partial charge in [-0.3, -0.25) is 4.79 Å². The molecule has 2 N–H and O–H groups in total. The predicted molar refractivity (Wildman–Crippen MR) is 98.6 cm³/mol. The molecule has 1 amide bonds. The Morgan fingerprint density at radius 2 is 2.12 bits per heavy atom. The fraction of sp³-hybridized carbons (Fsp3) is 0.389. The van der Waals surface area contributed by atoms with Crippen molar-refractivity contribution < 1.29 is 9.53 Å². The number of hydrogen-bond donors (Lipinski definition) is 2. The number of amides is 1. The number of thiazole rings is 1. The van der Waals surface area contributed by atoms with Crippen molar-refractivity contribution in [3.05, 3.63) is 46.2 Å². The Morgan fingerprint density at radius 1 is 1.32 bits per heavy atom. The summed E-state index contributed by atoms with van der Waals surface area (Å²) in [6, 6.07) is 7.67. The van der Waals surface area contributed by atoms with Crippen LogP contribution in [0.2, 0.25) is 0 Å². The molecule has 0 aliphatic heterocycles. The molecule has 2 heterocycles. The van der Waals surface area contributed by atoms with E-state index in [0.717, 1.165) is 28.3 Å². The van der Waals surface area contributed by atoms with E-state index in [1.54, 1.807) is 12.5 Å². The highest BCUT2D eigenvalue weighted by Crippen LogP contribution is 2.22. The number of carbonyl (C=O) groups is 1. The van der Waals surface area contributed by atoms with Crippen molar-refractivity contribution in [2.24, 2.45) is 5.92 Å². The van der Waals surface area contributed by atoms with Gasteiger partial charge in [0.1, 0.15) is 16.5 Å². The van der Waals surface area contributed by atoms with E-state index in [9.17, 15) is 4.79 Å². The lowest BCUT2D eigenvalue weighted by Crippen LogP contribution is -2.30. The number of para-hydroxylation sites is 2. The number of rotatable bonds is 7. The molecule has 0 bridgehead atoms. The number of imidazole rings is 1. The van der Waals surface area contributed by atoms with Crippen molar-refractivity contribution in [2.45, 2.75) is 32.9 Å². The first-order valence-corrected chi connectivity index (χ1v) is 9.13. The van der Waals surface area contributed by atoms with Crippen LogP contribution in [0.4, 0.5) is 0 Å². The van der Waals surface area contributed by atoms with E-state index >= 15 is 0 Å². The maximum Gasteiger partial charge on any atom is 0.271 e. The SMILES string of the molecule is COCc1nc(C(=O)NC(CC(C)C)c2nc3ccccc3[nH]2)cs1. The van der Waals surface area contributed by atoms with Crippen LogP contribution in [0.15, 0.2) is 29.6 Å². The second-order valence-electron chi connectivity index (χ2n) is 6.35. The lowest BCUT2D eigenvalue weighted by molar-refractivity contribution is 0.0925. The fourth-order valence-corrected chi connectivity index (χ4v) is 3.43. The first-order valence-electron chi connectivity index (χ1n) is 8.25. The van der Waals surface area contributed by atoms with E-state index in [2.05, 4.69) is 34.1 Å². The van der Waals surface area contributed by atoms with Gasteiger partial charge in [-0.2, -0.15) is 0 Å². The standard InChI is InChI=1S/C18H22N4O2S/c1-11(2)8-14(17-20-12-6-4-5-7-13(12)21-17)22-18(23)15-10-25-16(19-15)9-24-3/h4-7,10-11,14H,8-9H2,1-3H3,(H,20,21)(H,22,23). The van der Waals surface area contributed by atoms with Gasteiger partial charge < -0.3 is 15.0 Å². The van der Waals surface area contributed by atoms with Crippen LogP contribution in [0.25, 0.3) is 11.0 Å². The number of H-pyrrole nitrogens is 1. The van der Waals surface area contributed by atoms with Crippen molar-refractivity contribution in [3.8, 4) is 0 Å². The van der Waals surface area contributed by atoms with Gasteiger partial charge in [-0.1, -0.05) is 26.0 Å². The zero-order valence-electron chi connectivity index (χ0n) is 14.6. The summed E-state index contributed by atoms with van der Waals surface area (Å²) in [5.74, 6) is 0.998. The first-order chi connectivity index (χ1) is 12.1. The molecule has 3 aromatic rings. The Hall–Kier alpha value is -2.25. The number of hydrogen-bond acceptors (Lipinski definition) is 5. The third-order valence-corrected chi connectivity index (χ3v) is 4.62. The first kappa shape index (κ1) is 17.6. The van der Waals surface area contributed by atoms with Gasteiger partial charge >= 0.3 is 0 Å². The van der Waals surface area contributed by atoms with Gasteiger partial charge in [0.2, 0.25) is 0 Å². The number of aromatic amines is 1. The van der Waals surface area contributed by atoms with E-state index < -0.39 is 0 Å². The largest absolute Gasteiger partial charge is 0.378 e. The molecule has 0 saturated carbocycles. The Morgan fingerprint density at radius 3 is 2.84 bits per heavy atom. The minimum atomic E-state index is -0.190. The van der Waals surface area contributed by atoms with Gasteiger partial charge in [0.05, 0.1) is 23.7 Å². The lowest BCUT2D eigenvalue weighted by Gasteiger charge is -2.18. The van der Waals surface area contributed by atoms with Crippen molar-refractivity contribution >= 4 is 28.3 Å². The smallest absolute Gasteiger partial charge is 0.271 e. The van der Waals surface area contributed by atoms with Gasteiger partial charge in [0.15, 0.2) is 0 Å². The number of benzene rings is 1. The van der Waals surface area contributed by atoms with Crippen LogP contribution in [-0.4, -0.2) is 28.0 Å². The summed E-state index contributed by atoms with van der Waals surface area (Å²) in [6.45, 7) is 4.67. The summed E-state index contributed by atoms with van der Waals surface area (Å²) in [5.41, 5.74) is 2.29. The van der Waals surface area contributed by atoms with Crippen LogP contribution in [-0.2, 0) is 11.3 Å².